The molecule has 6 nitrogen and oxygen atoms in total. The van der Waals surface area contributed by atoms with Crippen LogP contribution in [0.3, 0.4) is 0 Å². The summed E-state index contributed by atoms with van der Waals surface area (Å²) in [5.41, 5.74) is 0.403. The van der Waals surface area contributed by atoms with Crippen molar-refractivity contribution in [3.05, 3.63) is 11.4 Å². The number of hydrogen-bond acceptors (Lipinski definition) is 5. The van der Waals surface area contributed by atoms with Gasteiger partial charge in [0, 0.05) is 12.5 Å². The Labute approximate surface area is 106 Å². The molecule has 18 heavy (non-hydrogen) atoms. The van der Waals surface area contributed by atoms with Crippen molar-refractivity contribution in [3.63, 3.8) is 0 Å². The number of carbonyl (C=O) groups is 1. The van der Waals surface area contributed by atoms with E-state index in [1.54, 1.807) is 0 Å². The Morgan fingerprint density at radius 1 is 1.44 bits per heavy atom. The van der Waals surface area contributed by atoms with Gasteiger partial charge in [-0.3, -0.25) is 0 Å². The molecule has 1 aromatic rings. The summed E-state index contributed by atoms with van der Waals surface area (Å²) >= 11 is 0. The van der Waals surface area contributed by atoms with Crippen molar-refractivity contribution in [1.29, 1.82) is 0 Å². The van der Waals surface area contributed by atoms with Crippen LogP contribution in [0.25, 0.3) is 0 Å². The van der Waals surface area contributed by atoms with Crippen LogP contribution in [0, 0.1) is 0 Å². The molecule has 0 aliphatic carbocycles. The second-order valence-electron chi connectivity index (χ2n) is 5.47. The maximum atomic E-state index is 12.0. The number of aromatic nitrogens is 3. The largest absolute Gasteiger partial charge is 0.455 e. The highest BCUT2D eigenvalue weighted by Crippen LogP contribution is 2.26. The number of ether oxygens (including phenoxy) is 2. The molecule has 6 heteroatoms. The monoisotopic (exact) mass is 253 g/mol. The molecule has 0 aromatic carbocycles. The molecule has 2 rings (SSSR count). The molecule has 1 atom stereocenters. The molecule has 0 saturated carbocycles. The molecular weight excluding hydrogens is 234 g/mol. The van der Waals surface area contributed by atoms with Gasteiger partial charge in [0.1, 0.15) is 11.3 Å². The van der Waals surface area contributed by atoms with Crippen molar-refractivity contribution in [2.75, 3.05) is 13.2 Å². The zero-order valence-electron chi connectivity index (χ0n) is 11.0. The van der Waals surface area contributed by atoms with E-state index in [0.29, 0.717) is 12.3 Å². The highest BCUT2D eigenvalue weighted by Gasteiger charge is 2.28. The fourth-order valence-corrected chi connectivity index (χ4v) is 1.96. The summed E-state index contributed by atoms with van der Waals surface area (Å²) in [6.07, 6.45) is 1.94. The smallest absolute Gasteiger partial charge is 0.361 e. The predicted molar refractivity (Wildman–Crippen MR) is 64.3 cm³/mol. The summed E-state index contributed by atoms with van der Waals surface area (Å²) in [6.45, 7) is 6.84. The number of rotatable bonds is 2. The fourth-order valence-electron chi connectivity index (χ4n) is 1.96. The van der Waals surface area contributed by atoms with Crippen LogP contribution < -0.4 is 0 Å². The number of hydrogen-bond donors (Lipinski definition) is 1. The van der Waals surface area contributed by atoms with Crippen molar-refractivity contribution >= 4 is 5.97 Å². The Morgan fingerprint density at radius 2 is 2.22 bits per heavy atom. The van der Waals surface area contributed by atoms with Crippen LogP contribution in [-0.2, 0) is 9.47 Å². The van der Waals surface area contributed by atoms with Gasteiger partial charge in [-0.2, -0.15) is 10.3 Å². The van der Waals surface area contributed by atoms with Crippen molar-refractivity contribution in [3.8, 4) is 0 Å². The average molecular weight is 253 g/mol. The Hall–Kier alpha value is -1.43. The molecule has 0 radical (unpaired) electrons. The minimum atomic E-state index is -0.531. The lowest BCUT2D eigenvalue weighted by atomic mass is 9.97. The first-order valence-electron chi connectivity index (χ1n) is 6.19. The lowest BCUT2D eigenvalue weighted by Gasteiger charge is -2.22. The predicted octanol–water partition coefficient (Wildman–Crippen LogP) is 1.65. The van der Waals surface area contributed by atoms with Crippen LogP contribution in [0.5, 0.6) is 0 Å². The van der Waals surface area contributed by atoms with E-state index in [2.05, 4.69) is 15.4 Å². The summed E-state index contributed by atoms with van der Waals surface area (Å²) in [5.74, 6) is -0.308. The van der Waals surface area contributed by atoms with E-state index in [9.17, 15) is 4.79 Å². The van der Waals surface area contributed by atoms with Gasteiger partial charge in [0.2, 0.25) is 0 Å². The van der Waals surface area contributed by atoms with Gasteiger partial charge in [-0.05, 0) is 33.6 Å². The number of nitrogens with one attached hydrogen (secondary N) is 1. The number of aromatic amines is 1. The fraction of sp³-hybridized carbons (Fsp3) is 0.750. The van der Waals surface area contributed by atoms with Gasteiger partial charge in [-0.1, -0.05) is 0 Å². The van der Waals surface area contributed by atoms with Gasteiger partial charge in [-0.25, -0.2) is 4.79 Å². The van der Waals surface area contributed by atoms with E-state index < -0.39 is 11.6 Å². The Kier molecular flexibility index (Phi) is 3.65. The molecule has 0 amide bonds. The normalized spacial score (nSPS) is 20.7. The van der Waals surface area contributed by atoms with Gasteiger partial charge in [0.25, 0.3) is 0 Å². The number of esters is 1. The lowest BCUT2D eigenvalue weighted by Crippen LogP contribution is -2.26. The molecule has 1 aliphatic rings. The first kappa shape index (κ1) is 13.0. The summed E-state index contributed by atoms with van der Waals surface area (Å²) in [7, 11) is 0. The third kappa shape index (κ3) is 3.07. The van der Waals surface area contributed by atoms with Crippen LogP contribution in [-0.4, -0.2) is 40.2 Å². The van der Waals surface area contributed by atoms with Crippen molar-refractivity contribution < 1.29 is 14.3 Å². The van der Waals surface area contributed by atoms with E-state index in [1.165, 1.54) is 0 Å². The van der Waals surface area contributed by atoms with E-state index >= 15 is 0 Å². The maximum Gasteiger partial charge on any atom is 0.361 e. The van der Waals surface area contributed by atoms with Crippen LogP contribution in [0.4, 0.5) is 0 Å². The van der Waals surface area contributed by atoms with E-state index in [-0.39, 0.29) is 11.6 Å². The second kappa shape index (κ2) is 5.06. The lowest BCUT2D eigenvalue weighted by molar-refractivity contribution is 0.00589. The van der Waals surface area contributed by atoms with Crippen LogP contribution in [0.1, 0.15) is 55.7 Å². The number of H-pyrrole nitrogens is 1. The van der Waals surface area contributed by atoms with E-state index in [4.69, 9.17) is 9.47 Å². The summed E-state index contributed by atoms with van der Waals surface area (Å²) in [5, 5.41) is 10.5. The molecule has 1 aliphatic heterocycles. The summed E-state index contributed by atoms with van der Waals surface area (Å²) in [6, 6.07) is 0. The maximum absolute atomic E-state index is 12.0. The zero-order valence-corrected chi connectivity index (χ0v) is 11.0. The quantitative estimate of drug-likeness (QED) is 0.811. The molecule has 1 aromatic heterocycles. The molecule has 2 heterocycles. The summed E-state index contributed by atoms with van der Waals surface area (Å²) in [4.78, 5) is 12.0. The standard InChI is InChI=1S/C12H19N3O3/c1-12(2,3)18-11(16)10-9(13-15-14-10)8-5-4-6-17-7-8/h8H,4-7H2,1-3H3,(H,13,14,15). The molecule has 1 saturated heterocycles. The first-order valence-corrected chi connectivity index (χ1v) is 6.19. The van der Waals surface area contributed by atoms with Crippen LogP contribution in [0.2, 0.25) is 0 Å². The molecule has 0 spiro atoms. The Balaban J connectivity index is 2.14. The van der Waals surface area contributed by atoms with E-state index in [0.717, 1.165) is 19.4 Å². The van der Waals surface area contributed by atoms with Gasteiger partial charge in [0.15, 0.2) is 5.69 Å². The van der Waals surface area contributed by atoms with Crippen LogP contribution >= 0.6 is 0 Å². The highest BCUT2D eigenvalue weighted by molar-refractivity contribution is 5.88. The van der Waals surface area contributed by atoms with Gasteiger partial charge in [0.05, 0.1) is 6.61 Å². The van der Waals surface area contributed by atoms with Crippen molar-refractivity contribution in [2.45, 2.75) is 45.1 Å². The molecular formula is C12H19N3O3. The second-order valence-corrected chi connectivity index (χ2v) is 5.47. The summed E-state index contributed by atoms with van der Waals surface area (Å²) < 4.78 is 10.7. The van der Waals surface area contributed by atoms with E-state index in [1.807, 2.05) is 20.8 Å². The zero-order chi connectivity index (χ0) is 13.2. The third-order valence-electron chi connectivity index (χ3n) is 2.71. The molecule has 0 bridgehead atoms. The topological polar surface area (TPSA) is 77.1 Å². The Bertz CT molecular complexity index is 416. The molecule has 1 unspecified atom stereocenters. The van der Waals surface area contributed by atoms with Crippen molar-refractivity contribution in [2.24, 2.45) is 0 Å². The minimum absolute atomic E-state index is 0.125. The third-order valence-corrected chi connectivity index (χ3v) is 2.71. The van der Waals surface area contributed by atoms with Gasteiger partial charge < -0.3 is 9.47 Å². The molecule has 100 valence electrons. The molecule has 1 N–H and O–H groups in total. The van der Waals surface area contributed by atoms with Gasteiger partial charge in [-0.15, -0.1) is 5.10 Å². The highest BCUT2D eigenvalue weighted by atomic mass is 16.6. The Morgan fingerprint density at radius 3 is 2.83 bits per heavy atom. The van der Waals surface area contributed by atoms with Gasteiger partial charge >= 0.3 is 5.97 Å². The van der Waals surface area contributed by atoms with Crippen LogP contribution in [0.15, 0.2) is 0 Å². The minimum Gasteiger partial charge on any atom is -0.455 e. The molecule has 1 fully saturated rings. The average Bonchev–Trinajstić information content (AvgIpc) is 2.76. The number of nitrogens with zero attached hydrogens (tertiary/aromatic N) is 2. The first-order chi connectivity index (χ1) is 8.47. The number of carbonyl (C=O) groups excluding carboxylic acids is 1. The SMILES string of the molecule is CC(C)(C)OC(=O)c1n[nH]nc1C1CCCOC1. The van der Waals surface area contributed by atoms with Crippen molar-refractivity contribution in [1.82, 2.24) is 15.4 Å².